The minimum atomic E-state index is 0.211. The maximum atomic E-state index is 9.24. The molecule has 0 fully saturated rings. The minimum absolute atomic E-state index is 0.211. The van der Waals surface area contributed by atoms with E-state index in [-0.39, 0.29) is 12.6 Å². The van der Waals surface area contributed by atoms with Crippen LogP contribution in [0.4, 0.5) is 0 Å². The van der Waals surface area contributed by atoms with Crippen molar-refractivity contribution in [2.24, 2.45) is 0 Å². The largest absolute Gasteiger partial charge is 0.396 e. The first-order chi connectivity index (χ1) is 9.81. The zero-order valence-electron chi connectivity index (χ0n) is 11.9. The van der Waals surface area contributed by atoms with Crippen molar-refractivity contribution in [3.63, 3.8) is 0 Å². The summed E-state index contributed by atoms with van der Waals surface area (Å²) in [6, 6.07) is 14.6. The summed E-state index contributed by atoms with van der Waals surface area (Å²) in [6.45, 7) is 3.20. The van der Waals surface area contributed by atoms with Crippen LogP contribution in [0, 0.1) is 0 Å². The van der Waals surface area contributed by atoms with E-state index in [1.807, 2.05) is 30.5 Å². The predicted octanol–water partition coefficient (Wildman–Crippen LogP) is 2.90. The molecule has 0 spiro atoms. The third-order valence-corrected chi connectivity index (χ3v) is 3.60. The van der Waals surface area contributed by atoms with Crippen LogP contribution >= 0.6 is 0 Å². The van der Waals surface area contributed by atoms with Crippen LogP contribution < -0.4 is 5.32 Å². The van der Waals surface area contributed by atoms with Crippen molar-refractivity contribution < 1.29 is 5.11 Å². The van der Waals surface area contributed by atoms with Crippen molar-refractivity contribution in [3.8, 4) is 0 Å². The topological polar surface area (TPSA) is 45.1 Å². The summed E-state index contributed by atoms with van der Waals surface area (Å²) in [5.41, 5.74) is 2.45. The summed E-state index contributed by atoms with van der Waals surface area (Å²) >= 11 is 0. The van der Waals surface area contributed by atoms with Crippen LogP contribution in [0.2, 0.25) is 0 Å². The molecule has 1 aromatic heterocycles. The van der Waals surface area contributed by atoms with Gasteiger partial charge in [-0.1, -0.05) is 36.4 Å². The molecule has 0 saturated heterocycles. The highest BCUT2D eigenvalue weighted by Gasteiger charge is 2.13. The van der Waals surface area contributed by atoms with Gasteiger partial charge in [0, 0.05) is 31.6 Å². The Bertz CT molecular complexity index is 487. The highest BCUT2D eigenvalue weighted by molar-refractivity contribution is 5.20. The smallest absolute Gasteiger partial charge is 0.0437 e. The van der Waals surface area contributed by atoms with Gasteiger partial charge in [-0.2, -0.15) is 0 Å². The number of hydrogen-bond acceptors (Lipinski definition) is 3. The van der Waals surface area contributed by atoms with E-state index in [0.29, 0.717) is 5.92 Å². The van der Waals surface area contributed by atoms with Crippen molar-refractivity contribution in [2.75, 3.05) is 13.2 Å². The lowest BCUT2D eigenvalue weighted by molar-refractivity contribution is 0.272. The molecule has 0 aliphatic carbocycles. The van der Waals surface area contributed by atoms with Gasteiger partial charge in [-0.25, -0.2) is 0 Å². The van der Waals surface area contributed by atoms with Gasteiger partial charge >= 0.3 is 0 Å². The molecule has 2 rings (SSSR count). The monoisotopic (exact) mass is 270 g/mol. The van der Waals surface area contributed by atoms with E-state index in [0.717, 1.165) is 13.0 Å². The molecule has 3 nitrogen and oxygen atoms in total. The second-order valence-electron chi connectivity index (χ2n) is 5.04. The van der Waals surface area contributed by atoms with Crippen LogP contribution in [0.25, 0.3) is 0 Å². The maximum Gasteiger partial charge on any atom is 0.0437 e. The molecule has 0 bridgehead atoms. The third-order valence-electron chi connectivity index (χ3n) is 3.60. The molecule has 2 aromatic rings. The zero-order valence-corrected chi connectivity index (χ0v) is 11.9. The van der Waals surface area contributed by atoms with Crippen LogP contribution in [-0.4, -0.2) is 23.2 Å². The predicted molar refractivity (Wildman–Crippen MR) is 81.5 cm³/mol. The quantitative estimate of drug-likeness (QED) is 0.813. The highest BCUT2D eigenvalue weighted by atomic mass is 16.3. The molecule has 0 saturated carbocycles. The van der Waals surface area contributed by atoms with Crippen molar-refractivity contribution in [3.05, 3.63) is 66.0 Å². The Balaban J connectivity index is 1.96. The molecule has 3 heteroatoms. The summed E-state index contributed by atoms with van der Waals surface area (Å²) in [7, 11) is 0. The van der Waals surface area contributed by atoms with Crippen molar-refractivity contribution in [1.82, 2.24) is 10.3 Å². The van der Waals surface area contributed by atoms with Crippen LogP contribution in [0.15, 0.2) is 54.9 Å². The fourth-order valence-corrected chi connectivity index (χ4v) is 2.34. The standard InChI is InChI=1S/C17H22N2O/c1-14(16-8-5-10-18-12-16)19-13-17(9-11-20)15-6-3-2-4-7-15/h2-8,10,12,14,17,19-20H,9,11,13H2,1H3. The first kappa shape index (κ1) is 14.7. The van der Waals surface area contributed by atoms with Gasteiger partial charge in [0.25, 0.3) is 0 Å². The van der Waals surface area contributed by atoms with E-state index in [1.165, 1.54) is 11.1 Å². The average Bonchev–Trinajstić information content (AvgIpc) is 2.53. The molecule has 2 N–H and O–H groups in total. The Labute approximate surface area is 120 Å². The molecule has 0 aliphatic heterocycles. The number of aliphatic hydroxyl groups excluding tert-OH is 1. The molecule has 0 aliphatic rings. The van der Waals surface area contributed by atoms with Crippen LogP contribution in [0.5, 0.6) is 0 Å². The van der Waals surface area contributed by atoms with E-state index in [4.69, 9.17) is 0 Å². The number of nitrogens with zero attached hydrogens (tertiary/aromatic N) is 1. The maximum absolute atomic E-state index is 9.24. The van der Waals surface area contributed by atoms with Gasteiger partial charge in [0.05, 0.1) is 0 Å². The normalized spacial score (nSPS) is 13.9. The van der Waals surface area contributed by atoms with Crippen molar-refractivity contribution in [2.45, 2.75) is 25.3 Å². The van der Waals surface area contributed by atoms with Gasteiger partial charge in [-0.05, 0) is 36.5 Å². The Kier molecular flexibility index (Phi) is 5.71. The van der Waals surface area contributed by atoms with E-state index in [2.05, 4.69) is 35.4 Å². The molecule has 2 atom stereocenters. The van der Waals surface area contributed by atoms with E-state index < -0.39 is 0 Å². The first-order valence-corrected chi connectivity index (χ1v) is 7.10. The molecule has 1 aromatic carbocycles. The molecule has 106 valence electrons. The van der Waals surface area contributed by atoms with E-state index >= 15 is 0 Å². The Morgan fingerprint density at radius 3 is 2.50 bits per heavy atom. The van der Waals surface area contributed by atoms with Gasteiger partial charge in [0.15, 0.2) is 0 Å². The molecular formula is C17H22N2O. The Morgan fingerprint density at radius 1 is 1.10 bits per heavy atom. The summed E-state index contributed by atoms with van der Waals surface area (Å²) in [5.74, 6) is 0.334. The van der Waals surface area contributed by atoms with Gasteiger partial charge in [-0.3, -0.25) is 4.98 Å². The number of nitrogens with one attached hydrogen (secondary N) is 1. The molecule has 20 heavy (non-hydrogen) atoms. The highest BCUT2D eigenvalue weighted by Crippen LogP contribution is 2.20. The van der Waals surface area contributed by atoms with Gasteiger partial charge in [-0.15, -0.1) is 0 Å². The van der Waals surface area contributed by atoms with E-state index in [1.54, 1.807) is 6.20 Å². The second-order valence-corrected chi connectivity index (χ2v) is 5.04. The number of aromatic nitrogens is 1. The molecular weight excluding hydrogens is 248 g/mol. The molecule has 0 radical (unpaired) electrons. The fourth-order valence-electron chi connectivity index (χ4n) is 2.34. The summed E-state index contributed by atoms with van der Waals surface area (Å²) < 4.78 is 0. The third kappa shape index (κ3) is 4.15. The lowest BCUT2D eigenvalue weighted by atomic mass is 9.95. The van der Waals surface area contributed by atoms with Gasteiger partial charge in [0.1, 0.15) is 0 Å². The number of pyridine rings is 1. The summed E-state index contributed by atoms with van der Waals surface area (Å²) in [6.07, 6.45) is 4.45. The van der Waals surface area contributed by atoms with Crippen molar-refractivity contribution in [1.29, 1.82) is 0 Å². The van der Waals surface area contributed by atoms with Crippen LogP contribution in [0.3, 0.4) is 0 Å². The lowest BCUT2D eigenvalue weighted by Gasteiger charge is -2.20. The Morgan fingerprint density at radius 2 is 1.85 bits per heavy atom. The van der Waals surface area contributed by atoms with E-state index in [9.17, 15) is 5.11 Å². The second kappa shape index (κ2) is 7.78. The van der Waals surface area contributed by atoms with Crippen LogP contribution in [0.1, 0.15) is 36.4 Å². The number of hydrogen-bond donors (Lipinski definition) is 2. The SMILES string of the molecule is CC(NCC(CCO)c1ccccc1)c1cccnc1. The zero-order chi connectivity index (χ0) is 14.2. The van der Waals surface area contributed by atoms with Crippen LogP contribution in [-0.2, 0) is 0 Å². The minimum Gasteiger partial charge on any atom is -0.396 e. The van der Waals surface area contributed by atoms with Gasteiger partial charge < -0.3 is 10.4 Å². The fraction of sp³-hybridized carbons (Fsp3) is 0.353. The molecule has 1 heterocycles. The molecule has 0 amide bonds. The lowest BCUT2D eigenvalue weighted by Crippen LogP contribution is -2.25. The molecule has 2 unspecified atom stereocenters. The first-order valence-electron chi connectivity index (χ1n) is 7.10. The Hall–Kier alpha value is -1.71. The van der Waals surface area contributed by atoms with Gasteiger partial charge in [0.2, 0.25) is 0 Å². The summed E-state index contributed by atoms with van der Waals surface area (Å²) in [4.78, 5) is 4.15. The van der Waals surface area contributed by atoms with Crippen molar-refractivity contribution >= 4 is 0 Å². The number of aliphatic hydroxyl groups is 1. The number of benzene rings is 1. The number of rotatable bonds is 7. The average molecular weight is 270 g/mol. The summed E-state index contributed by atoms with van der Waals surface area (Å²) in [5, 5.41) is 12.8.